The fourth-order valence-corrected chi connectivity index (χ4v) is 3.32. The van der Waals surface area contributed by atoms with Crippen LogP contribution in [-0.4, -0.2) is 52.1 Å². The summed E-state index contributed by atoms with van der Waals surface area (Å²) in [4.78, 5) is 13.3. The number of ether oxygens (including phenoxy) is 2. The van der Waals surface area contributed by atoms with E-state index >= 15 is 0 Å². The van der Waals surface area contributed by atoms with Crippen LogP contribution in [0.3, 0.4) is 0 Å². The van der Waals surface area contributed by atoms with Gasteiger partial charge in [-0.15, -0.1) is 0 Å². The predicted molar refractivity (Wildman–Crippen MR) is 116 cm³/mol. The largest absolute Gasteiger partial charge is 0.496 e. The molecule has 0 aliphatic heterocycles. The molecule has 0 atom stereocenters. The number of pyridine rings is 1. The summed E-state index contributed by atoms with van der Waals surface area (Å²) in [7, 11) is 5.17. The first-order chi connectivity index (χ1) is 14.6. The zero-order chi connectivity index (χ0) is 21.1. The topological polar surface area (TPSA) is 113 Å². The summed E-state index contributed by atoms with van der Waals surface area (Å²) in [5.74, 6) is 1.48. The summed E-state index contributed by atoms with van der Waals surface area (Å²) in [6.07, 6.45) is 5.49. The zero-order valence-corrected chi connectivity index (χ0v) is 17.1. The second kappa shape index (κ2) is 8.34. The van der Waals surface area contributed by atoms with Crippen LogP contribution in [0.25, 0.3) is 33.3 Å². The molecule has 154 valence electrons. The van der Waals surface area contributed by atoms with Gasteiger partial charge in [-0.1, -0.05) is 6.07 Å². The van der Waals surface area contributed by atoms with E-state index in [1.807, 2.05) is 43.7 Å². The average Bonchev–Trinajstić information content (AvgIpc) is 3.19. The fourth-order valence-electron chi connectivity index (χ4n) is 3.32. The molecule has 4 aromatic rings. The minimum absolute atomic E-state index is 0.165. The molecule has 0 saturated carbocycles. The van der Waals surface area contributed by atoms with Crippen LogP contribution < -0.4 is 15.8 Å². The summed E-state index contributed by atoms with van der Waals surface area (Å²) in [5, 5.41) is 8.30. The van der Waals surface area contributed by atoms with Crippen molar-refractivity contribution >= 4 is 22.7 Å². The van der Waals surface area contributed by atoms with E-state index in [4.69, 9.17) is 15.2 Å². The van der Waals surface area contributed by atoms with Crippen LogP contribution in [0.2, 0.25) is 0 Å². The molecule has 0 spiro atoms. The average molecular weight is 405 g/mol. The standard InChI is InChI=1S/C21H23N7O2/c1-28-12-14(11-25-28)13-4-5-15(17(10-13)30-3)18-16-6-7-23-20(24-8-9-29-2)19(16)27-21(22)26-18/h4-7,10-12H,8-9H2,1-3H3,(H,23,24)(H2,22,26,27). The lowest BCUT2D eigenvalue weighted by molar-refractivity contribution is 0.210. The van der Waals surface area contributed by atoms with E-state index in [0.29, 0.717) is 35.9 Å². The highest BCUT2D eigenvalue weighted by Crippen LogP contribution is 2.37. The quantitative estimate of drug-likeness (QED) is 0.451. The number of rotatable bonds is 7. The van der Waals surface area contributed by atoms with Gasteiger partial charge in [-0.05, 0) is 23.8 Å². The zero-order valence-electron chi connectivity index (χ0n) is 17.1. The summed E-state index contributed by atoms with van der Waals surface area (Å²) in [6, 6.07) is 7.83. The number of nitrogens with zero attached hydrogens (tertiary/aromatic N) is 5. The van der Waals surface area contributed by atoms with Crippen molar-refractivity contribution in [1.29, 1.82) is 0 Å². The Labute approximate surface area is 173 Å². The Balaban J connectivity index is 1.83. The Hall–Kier alpha value is -3.72. The van der Waals surface area contributed by atoms with Crippen molar-refractivity contribution in [3.63, 3.8) is 0 Å². The van der Waals surface area contributed by atoms with Gasteiger partial charge in [-0.25, -0.2) is 15.0 Å². The number of anilines is 2. The monoisotopic (exact) mass is 405 g/mol. The molecule has 3 heterocycles. The van der Waals surface area contributed by atoms with Crippen molar-refractivity contribution in [3.8, 4) is 28.1 Å². The molecule has 0 fully saturated rings. The number of nitrogens with two attached hydrogens (primary N) is 1. The minimum Gasteiger partial charge on any atom is -0.496 e. The van der Waals surface area contributed by atoms with E-state index < -0.39 is 0 Å². The molecule has 0 unspecified atom stereocenters. The third kappa shape index (κ3) is 3.74. The number of aryl methyl sites for hydroxylation is 1. The van der Waals surface area contributed by atoms with Gasteiger partial charge in [-0.2, -0.15) is 5.10 Å². The van der Waals surface area contributed by atoms with Crippen molar-refractivity contribution in [3.05, 3.63) is 42.9 Å². The number of hydrogen-bond acceptors (Lipinski definition) is 8. The van der Waals surface area contributed by atoms with Crippen molar-refractivity contribution < 1.29 is 9.47 Å². The van der Waals surface area contributed by atoms with E-state index in [2.05, 4.69) is 25.4 Å². The molecule has 30 heavy (non-hydrogen) atoms. The second-order valence-electron chi connectivity index (χ2n) is 6.72. The number of hydrogen-bond donors (Lipinski definition) is 2. The highest BCUT2D eigenvalue weighted by Gasteiger charge is 2.17. The second-order valence-corrected chi connectivity index (χ2v) is 6.72. The van der Waals surface area contributed by atoms with Crippen LogP contribution in [-0.2, 0) is 11.8 Å². The molecule has 0 aliphatic carbocycles. The number of benzene rings is 1. The summed E-state index contributed by atoms with van der Waals surface area (Å²) in [6.45, 7) is 1.15. The molecule has 0 amide bonds. The number of nitrogens with one attached hydrogen (secondary N) is 1. The molecule has 0 bridgehead atoms. The lowest BCUT2D eigenvalue weighted by Gasteiger charge is -2.14. The van der Waals surface area contributed by atoms with E-state index in [0.717, 1.165) is 22.1 Å². The lowest BCUT2D eigenvalue weighted by Crippen LogP contribution is -2.10. The fraction of sp³-hybridized carbons (Fsp3) is 0.238. The Bertz CT molecular complexity index is 1190. The van der Waals surface area contributed by atoms with Gasteiger partial charge >= 0.3 is 0 Å². The third-order valence-corrected chi connectivity index (χ3v) is 4.73. The van der Waals surface area contributed by atoms with Gasteiger partial charge in [0, 0.05) is 49.6 Å². The number of methoxy groups -OCH3 is 2. The maximum Gasteiger partial charge on any atom is 0.221 e. The lowest BCUT2D eigenvalue weighted by atomic mass is 10.0. The molecule has 0 radical (unpaired) electrons. The Kier molecular flexibility index (Phi) is 5.44. The Morgan fingerprint density at radius 1 is 1.13 bits per heavy atom. The highest BCUT2D eigenvalue weighted by atomic mass is 16.5. The van der Waals surface area contributed by atoms with Crippen molar-refractivity contribution in [1.82, 2.24) is 24.7 Å². The Morgan fingerprint density at radius 3 is 2.73 bits per heavy atom. The minimum atomic E-state index is 0.165. The highest BCUT2D eigenvalue weighted by molar-refractivity contribution is 5.99. The van der Waals surface area contributed by atoms with Gasteiger partial charge < -0.3 is 20.5 Å². The van der Waals surface area contributed by atoms with Gasteiger partial charge in [-0.3, -0.25) is 4.68 Å². The summed E-state index contributed by atoms with van der Waals surface area (Å²) < 4.78 is 12.6. The van der Waals surface area contributed by atoms with E-state index in [9.17, 15) is 0 Å². The summed E-state index contributed by atoms with van der Waals surface area (Å²) >= 11 is 0. The first kappa shape index (κ1) is 19.6. The first-order valence-corrected chi connectivity index (χ1v) is 9.43. The molecule has 3 aromatic heterocycles. The number of aromatic nitrogens is 5. The van der Waals surface area contributed by atoms with Crippen LogP contribution in [0.15, 0.2) is 42.9 Å². The maximum absolute atomic E-state index is 6.05. The maximum atomic E-state index is 6.05. The smallest absolute Gasteiger partial charge is 0.221 e. The van der Waals surface area contributed by atoms with Crippen molar-refractivity contribution in [2.75, 3.05) is 38.4 Å². The molecule has 9 nitrogen and oxygen atoms in total. The van der Waals surface area contributed by atoms with Crippen molar-refractivity contribution in [2.45, 2.75) is 0 Å². The van der Waals surface area contributed by atoms with E-state index in [-0.39, 0.29) is 5.95 Å². The van der Waals surface area contributed by atoms with Crippen LogP contribution in [0.1, 0.15) is 0 Å². The third-order valence-electron chi connectivity index (χ3n) is 4.73. The van der Waals surface area contributed by atoms with Gasteiger partial charge in [0.05, 0.1) is 25.6 Å². The number of nitrogen functional groups attached to an aromatic ring is 1. The van der Waals surface area contributed by atoms with E-state index in [1.165, 1.54) is 0 Å². The van der Waals surface area contributed by atoms with Crippen LogP contribution in [0.5, 0.6) is 5.75 Å². The Morgan fingerprint density at radius 2 is 2.00 bits per heavy atom. The molecule has 0 saturated heterocycles. The molecule has 9 heteroatoms. The first-order valence-electron chi connectivity index (χ1n) is 9.43. The van der Waals surface area contributed by atoms with Gasteiger partial charge in [0.2, 0.25) is 5.95 Å². The predicted octanol–water partition coefficient (Wildman–Crippen LogP) is 2.74. The SMILES string of the molecule is COCCNc1nccc2c(-c3ccc(-c4cnn(C)c4)cc3OC)nc(N)nc12. The molecule has 1 aromatic carbocycles. The summed E-state index contributed by atoms with van der Waals surface area (Å²) in [5.41, 5.74) is 10.2. The van der Waals surface area contributed by atoms with Gasteiger partial charge in [0.15, 0.2) is 5.82 Å². The molecular formula is C21H23N7O2. The molecule has 0 aliphatic rings. The van der Waals surface area contributed by atoms with Gasteiger partial charge in [0.25, 0.3) is 0 Å². The van der Waals surface area contributed by atoms with E-state index in [1.54, 1.807) is 25.1 Å². The van der Waals surface area contributed by atoms with Crippen molar-refractivity contribution in [2.24, 2.45) is 7.05 Å². The van der Waals surface area contributed by atoms with Crippen LogP contribution in [0.4, 0.5) is 11.8 Å². The number of fused-ring (bicyclic) bond motifs is 1. The van der Waals surface area contributed by atoms with Gasteiger partial charge in [0.1, 0.15) is 11.3 Å². The van der Waals surface area contributed by atoms with Crippen LogP contribution in [0, 0.1) is 0 Å². The molecule has 3 N–H and O–H groups in total. The molecular weight excluding hydrogens is 382 g/mol. The molecule has 4 rings (SSSR count). The van der Waals surface area contributed by atoms with Crippen LogP contribution >= 0.6 is 0 Å². The normalized spacial score (nSPS) is 11.0.